The number of hydrogen-bond donors (Lipinski definition) is 2. The zero-order valence-electron chi connectivity index (χ0n) is 11.5. The molecule has 1 fully saturated rings. The van der Waals surface area contributed by atoms with E-state index in [1.165, 1.54) is 0 Å². The van der Waals surface area contributed by atoms with E-state index in [2.05, 4.69) is 26.1 Å². The maximum atomic E-state index is 11.5. The van der Waals surface area contributed by atoms with Gasteiger partial charge in [-0.2, -0.15) is 0 Å². The highest BCUT2D eigenvalue weighted by molar-refractivity contribution is 5.80. The van der Waals surface area contributed by atoms with E-state index in [-0.39, 0.29) is 17.4 Å². The molecule has 1 amide bonds. The first-order valence-electron chi connectivity index (χ1n) is 6.47. The number of hydrogen-bond acceptors (Lipinski definition) is 3. The molecule has 1 aliphatic rings. The molecule has 0 aromatic rings. The van der Waals surface area contributed by atoms with Gasteiger partial charge in [0.25, 0.3) is 0 Å². The first-order chi connectivity index (χ1) is 7.82. The Morgan fingerprint density at radius 1 is 1.53 bits per heavy atom. The summed E-state index contributed by atoms with van der Waals surface area (Å²) < 4.78 is 5.87. The summed E-state index contributed by atoms with van der Waals surface area (Å²) in [4.78, 5) is 11.5. The van der Waals surface area contributed by atoms with Crippen molar-refractivity contribution in [2.75, 3.05) is 13.2 Å². The van der Waals surface area contributed by atoms with Gasteiger partial charge in [0, 0.05) is 19.1 Å². The van der Waals surface area contributed by atoms with Crippen LogP contribution in [0, 0.1) is 11.3 Å². The second-order valence-electron chi connectivity index (χ2n) is 6.09. The lowest BCUT2D eigenvalue weighted by molar-refractivity contribution is -0.123. The summed E-state index contributed by atoms with van der Waals surface area (Å²) >= 11 is 0. The molecule has 3 N–H and O–H groups in total. The maximum Gasteiger partial charge on any atom is 0.236 e. The smallest absolute Gasteiger partial charge is 0.236 e. The normalized spacial score (nSPS) is 27.6. The van der Waals surface area contributed by atoms with Gasteiger partial charge in [-0.1, -0.05) is 20.8 Å². The summed E-state index contributed by atoms with van der Waals surface area (Å²) in [5.74, 6) is 0.315. The third-order valence-corrected chi connectivity index (χ3v) is 3.25. The van der Waals surface area contributed by atoms with E-state index in [1.54, 1.807) is 6.92 Å². The average Bonchev–Trinajstić information content (AvgIpc) is 2.24. The molecule has 4 heteroatoms. The van der Waals surface area contributed by atoms with E-state index in [9.17, 15) is 4.79 Å². The quantitative estimate of drug-likeness (QED) is 0.784. The van der Waals surface area contributed by atoms with Crippen LogP contribution in [0.5, 0.6) is 0 Å². The van der Waals surface area contributed by atoms with Gasteiger partial charge in [0.15, 0.2) is 0 Å². The lowest BCUT2D eigenvalue weighted by Crippen LogP contribution is -2.47. The van der Waals surface area contributed by atoms with E-state index in [0.717, 1.165) is 19.4 Å². The first-order valence-corrected chi connectivity index (χ1v) is 6.47. The van der Waals surface area contributed by atoms with Crippen molar-refractivity contribution < 1.29 is 9.53 Å². The van der Waals surface area contributed by atoms with Crippen molar-refractivity contribution in [2.45, 2.75) is 52.7 Å². The van der Waals surface area contributed by atoms with Crippen LogP contribution in [0.1, 0.15) is 40.5 Å². The van der Waals surface area contributed by atoms with Gasteiger partial charge in [0.05, 0.1) is 12.1 Å². The third kappa shape index (κ3) is 4.28. The van der Waals surface area contributed by atoms with Gasteiger partial charge >= 0.3 is 0 Å². The van der Waals surface area contributed by atoms with Crippen molar-refractivity contribution in [3.63, 3.8) is 0 Å². The molecule has 2 unspecified atom stereocenters. The molecule has 1 saturated heterocycles. The number of nitrogens with one attached hydrogen (secondary N) is 1. The number of rotatable bonds is 3. The van der Waals surface area contributed by atoms with Crippen molar-refractivity contribution in [2.24, 2.45) is 17.1 Å². The molecule has 100 valence electrons. The Labute approximate surface area is 104 Å². The van der Waals surface area contributed by atoms with Crippen LogP contribution >= 0.6 is 0 Å². The summed E-state index contributed by atoms with van der Waals surface area (Å²) in [6, 6.07) is -0.437. The van der Waals surface area contributed by atoms with E-state index in [1.807, 2.05) is 0 Å². The molecule has 17 heavy (non-hydrogen) atoms. The van der Waals surface area contributed by atoms with Crippen LogP contribution in [-0.4, -0.2) is 31.2 Å². The molecule has 0 radical (unpaired) electrons. The SMILES string of the molecule is C[C@H](N)C(=O)NCC1CCCOC1C(C)(C)C. The number of amides is 1. The van der Waals surface area contributed by atoms with Crippen LogP contribution < -0.4 is 11.1 Å². The molecule has 1 aliphatic heterocycles. The minimum atomic E-state index is -0.437. The van der Waals surface area contributed by atoms with Crippen molar-refractivity contribution in [1.29, 1.82) is 0 Å². The van der Waals surface area contributed by atoms with E-state index >= 15 is 0 Å². The number of ether oxygens (including phenoxy) is 1. The van der Waals surface area contributed by atoms with Gasteiger partial charge < -0.3 is 15.8 Å². The molecule has 0 saturated carbocycles. The number of nitrogens with two attached hydrogens (primary N) is 1. The molecule has 0 aromatic heterocycles. The van der Waals surface area contributed by atoms with Gasteiger partial charge in [-0.3, -0.25) is 4.79 Å². The van der Waals surface area contributed by atoms with E-state index in [0.29, 0.717) is 12.5 Å². The predicted molar refractivity (Wildman–Crippen MR) is 68.6 cm³/mol. The van der Waals surface area contributed by atoms with Crippen molar-refractivity contribution in [3.05, 3.63) is 0 Å². The fourth-order valence-electron chi connectivity index (χ4n) is 2.40. The highest BCUT2D eigenvalue weighted by Crippen LogP contribution is 2.33. The standard InChI is InChI=1S/C13H26N2O2/c1-9(14)12(16)15-8-10-6-5-7-17-11(10)13(2,3)4/h9-11H,5-8,14H2,1-4H3,(H,15,16)/t9-,10?,11?/m0/s1. The molecular weight excluding hydrogens is 216 g/mol. The predicted octanol–water partition coefficient (Wildman–Crippen LogP) is 1.29. The largest absolute Gasteiger partial charge is 0.377 e. The highest BCUT2D eigenvalue weighted by atomic mass is 16.5. The Bertz CT molecular complexity index is 259. The summed E-state index contributed by atoms with van der Waals surface area (Å²) in [7, 11) is 0. The molecular formula is C13H26N2O2. The number of carbonyl (C=O) groups is 1. The maximum absolute atomic E-state index is 11.5. The van der Waals surface area contributed by atoms with E-state index < -0.39 is 6.04 Å². The monoisotopic (exact) mass is 242 g/mol. The molecule has 3 atom stereocenters. The molecule has 0 aliphatic carbocycles. The van der Waals surface area contributed by atoms with Gasteiger partial charge in [-0.15, -0.1) is 0 Å². The van der Waals surface area contributed by atoms with Crippen LogP contribution in [0.25, 0.3) is 0 Å². The zero-order chi connectivity index (χ0) is 13.1. The molecule has 1 heterocycles. The van der Waals surface area contributed by atoms with Crippen LogP contribution in [0.3, 0.4) is 0 Å². The van der Waals surface area contributed by atoms with Crippen molar-refractivity contribution in [3.8, 4) is 0 Å². The Morgan fingerprint density at radius 2 is 2.18 bits per heavy atom. The van der Waals surface area contributed by atoms with Crippen molar-refractivity contribution in [1.82, 2.24) is 5.32 Å². The molecule has 0 bridgehead atoms. The summed E-state index contributed by atoms with van der Waals surface area (Å²) in [6.07, 6.45) is 2.40. The second-order valence-corrected chi connectivity index (χ2v) is 6.09. The third-order valence-electron chi connectivity index (χ3n) is 3.25. The van der Waals surface area contributed by atoms with Gasteiger partial charge in [0.2, 0.25) is 5.91 Å². The summed E-state index contributed by atoms with van der Waals surface area (Å²) in [5.41, 5.74) is 5.64. The molecule has 0 aromatic carbocycles. The molecule has 0 spiro atoms. The Balaban J connectivity index is 2.52. The minimum absolute atomic E-state index is 0.0803. The van der Waals surface area contributed by atoms with Gasteiger partial charge in [0.1, 0.15) is 0 Å². The topological polar surface area (TPSA) is 64.4 Å². The van der Waals surface area contributed by atoms with Crippen LogP contribution in [0.15, 0.2) is 0 Å². The fraction of sp³-hybridized carbons (Fsp3) is 0.923. The zero-order valence-corrected chi connectivity index (χ0v) is 11.5. The minimum Gasteiger partial charge on any atom is -0.377 e. The van der Waals surface area contributed by atoms with Crippen molar-refractivity contribution >= 4 is 5.91 Å². The Morgan fingerprint density at radius 3 is 2.71 bits per heavy atom. The summed E-state index contributed by atoms with van der Waals surface area (Å²) in [5, 5.41) is 2.91. The lowest BCUT2D eigenvalue weighted by atomic mass is 9.78. The van der Waals surface area contributed by atoms with Crippen LogP contribution in [-0.2, 0) is 9.53 Å². The molecule has 4 nitrogen and oxygen atoms in total. The number of carbonyl (C=O) groups excluding carboxylic acids is 1. The second kappa shape index (κ2) is 5.83. The van der Waals surface area contributed by atoms with Crippen LogP contribution in [0.4, 0.5) is 0 Å². The molecule has 1 rings (SSSR count). The first kappa shape index (κ1) is 14.5. The van der Waals surface area contributed by atoms with Gasteiger partial charge in [-0.05, 0) is 25.2 Å². The summed E-state index contributed by atoms with van der Waals surface area (Å²) in [6.45, 7) is 9.76. The van der Waals surface area contributed by atoms with Crippen LogP contribution in [0.2, 0.25) is 0 Å². The van der Waals surface area contributed by atoms with Gasteiger partial charge in [-0.25, -0.2) is 0 Å². The Hall–Kier alpha value is -0.610. The lowest BCUT2D eigenvalue weighted by Gasteiger charge is -2.40. The average molecular weight is 242 g/mol. The fourth-order valence-corrected chi connectivity index (χ4v) is 2.40. The highest BCUT2D eigenvalue weighted by Gasteiger charge is 2.35. The Kier molecular flexibility index (Phi) is 4.95. The van der Waals surface area contributed by atoms with E-state index in [4.69, 9.17) is 10.5 Å².